The van der Waals surface area contributed by atoms with Crippen LogP contribution in [0.4, 0.5) is 13.6 Å². The molecule has 1 aromatic rings. The summed E-state index contributed by atoms with van der Waals surface area (Å²) in [6.07, 6.45) is 1.39. The smallest absolute Gasteiger partial charge is 0.315 e. The highest BCUT2D eigenvalue weighted by atomic mass is 19.1. The molecule has 1 fully saturated rings. The van der Waals surface area contributed by atoms with Gasteiger partial charge in [-0.2, -0.15) is 0 Å². The lowest BCUT2D eigenvalue weighted by Gasteiger charge is -2.21. The summed E-state index contributed by atoms with van der Waals surface area (Å²) in [4.78, 5) is 14.4. The van der Waals surface area contributed by atoms with Crippen LogP contribution in [0.25, 0.3) is 0 Å². The van der Waals surface area contributed by atoms with E-state index in [9.17, 15) is 13.6 Å². The van der Waals surface area contributed by atoms with Crippen molar-refractivity contribution in [2.45, 2.75) is 31.8 Å². The summed E-state index contributed by atoms with van der Waals surface area (Å²) < 4.78 is 32.0. The monoisotopic (exact) mass is 341 g/mol. The number of likely N-dealkylation sites (tertiary alicyclic amines) is 1. The van der Waals surface area contributed by atoms with E-state index in [1.807, 2.05) is 6.92 Å². The molecule has 2 atom stereocenters. The summed E-state index contributed by atoms with van der Waals surface area (Å²) in [6, 6.07) is 2.66. The standard InChI is InChI=1S/C17H25F2N3O2/c1-3-16(14-5-4-12(18)10-15(14)19)21-17(23)20-13-6-7-22(11-13)8-9-24-2/h4-5,10,13,16H,3,6-9,11H2,1-2H3,(H2,20,21,23)/t13-,16-/m0/s1. The molecule has 1 aliphatic rings. The van der Waals surface area contributed by atoms with Crippen LogP contribution < -0.4 is 10.6 Å². The first kappa shape index (κ1) is 18.6. The van der Waals surface area contributed by atoms with Crippen molar-refractivity contribution in [3.05, 3.63) is 35.4 Å². The van der Waals surface area contributed by atoms with Crippen molar-refractivity contribution in [1.29, 1.82) is 0 Å². The fourth-order valence-electron chi connectivity index (χ4n) is 2.94. The van der Waals surface area contributed by atoms with Gasteiger partial charge in [-0.05, 0) is 18.9 Å². The molecule has 1 aliphatic heterocycles. The van der Waals surface area contributed by atoms with Gasteiger partial charge in [0.05, 0.1) is 12.6 Å². The Morgan fingerprint density at radius 3 is 2.92 bits per heavy atom. The van der Waals surface area contributed by atoms with Crippen LogP contribution in [0, 0.1) is 11.6 Å². The third-order valence-corrected chi connectivity index (χ3v) is 4.27. The van der Waals surface area contributed by atoms with Crippen LogP contribution in [-0.4, -0.2) is 50.3 Å². The van der Waals surface area contributed by atoms with Crippen molar-refractivity contribution in [2.24, 2.45) is 0 Å². The van der Waals surface area contributed by atoms with Crippen molar-refractivity contribution in [2.75, 3.05) is 33.4 Å². The molecule has 0 saturated carbocycles. The molecule has 0 bridgehead atoms. The number of carbonyl (C=O) groups excluding carboxylic acids is 1. The summed E-state index contributed by atoms with van der Waals surface area (Å²) in [6.45, 7) is 5.04. The van der Waals surface area contributed by atoms with E-state index in [1.165, 1.54) is 12.1 Å². The van der Waals surface area contributed by atoms with Gasteiger partial charge in [-0.25, -0.2) is 13.6 Å². The summed E-state index contributed by atoms with van der Waals surface area (Å²) in [5.74, 6) is -1.27. The maximum Gasteiger partial charge on any atom is 0.315 e. The zero-order valence-corrected chi connectivity index (χ0v) is 14.1. The Morgan fingerprint density at radius 1 is 1.46 bits per heavy atom. The maximum atomic E-state index is 13.9. The zero-order chi connectivity index (χ0) is 17.5. The van der Waals surface area contributed by atoms with Gasteiger partial charge in [0.15, 0.2) is 0 Å². The fraction of sp³-hybridized carbons (Fsp3) is 0.588. The highest BCUT2D eigenvalue weighted by molar-refractivity contribution is 5.74. The van der Waals surface area contributed by atoms with Crippen molar-refractivity contribution < 1.29 is 18.3 Å². The third-order valence-electron chi connectivity index (χ3n) is 4.27. The molecule has 0 aromatic heterocycles. The van der Waals surface area contributed by atoms with Crippen LogP contribution in [0.5, 0.6) is 0 Å². The summed E-state index contributed by atoms with van der Waals surface area (Å²) in [5, 5.41) is 5.69. The van der Waals surface area contributed by atoms with Crippen molar-refractivity contribution in [1.82, 2.24) is 15.5 Å². The van der Waals surface area contributed by atoms with Crippen LogP contribution in [0.3, 0.4) is 0 Å². The van der Waals surface area contributed by atoms with Crippen molar-refractivity contribution in [3.63, 3.8) is 0 Å². The maximum absolute atomic E-state index is 13.9. The molecule has 0 aliphatic carbocycles. The van der Waals surface area contributed by atoms with Crippen LogP contribution in [0.1, 0.15) is 31.4 Å². The van der Waals surface area contributed by atoms with Crippen molar-refractivity contribution in [3.8, 4) is 0 Å². The number of urea groups is 1. The fourth-order valence-corrected chi connectivity index (χ4v) is 2.94. The number of hydrogen-bond donors (Lipinski definition) is 2. The second-order valence-electron chi connectivity index (χ2n) is 6.02. The normalized spacial score (nSPS) is 19.2. The largest absolute Gasteiger partial charge is 0.383 e. The van der Waals surface area contributed by atoms with E-state index in [2.05, 4.69) is 15.5 Å². The van der Waals surface area contributed by atoms with Gasteiger partial charge in [0, 0.05) is 44.4 Å². The number of nitrogens with zero attached hydrogens (tertiary/aromatic N) is 1. The molecular formula is C17H25F2N3O2. The Labute approximate surface area is 141 Å². The van der Waals surface area contributed by atoms with Gasteiger partial charge in [0.25, 0.3) is 0 Å². The highest BCUT2D eigenvalue weighted by Crippen LogP contribution is 2.21. The van der Waals surface area contributed by atoms with Gasteiger partial charge in [0.2, 0.25) is 0 Å². The number of amides is 2. The lowest BCUT2D eigenvalue weighted by atomic mass is 10.0. The molecule has 0 unspecified atom stereocenters. The lowest BCUT2D eigenvalue weighted by molar-refractivity contribution is 0.159. The summed E-state index contributed by atoms with van der Waals surface area (Å²) in [7, 11) is 1.67. The first-order valence-electron chi connectivity index (χ1n) is 8.26. The van der Waals surface area contributed by atoms with Crippen LogP contribution in [-0.2, 0) is 4.74 Å². The average molecular weight is 341 g/mol. The molecule has 7 heteroatoms. The number of benzene rings is 1. The molecule has 1 heterocycles. The molecule has 0 radical (unpaired) electrons. The molecule has 5 nitrogen and oxygen atoms in total. The van der Waals surface area contributed by atoms with Gasteiger partial charge in [-0.15, -0.1) is 0 Å². The number of ether oxygens (including phenoxy) is 1. The minimum Gasteiger partial charge on any atom is -0.383 e. The number of methoxy groups -OCH3 is 1. The van der Waals surface area contributed by atoms with Gasteiger partial charge in [0.1, 0.15) is 11.6 Å². The first-order chi connectivity index (χ1) is 11.5. The van der Waals surface area contributed by atoms with Gasteiger partial charge in [-0.3, -0.25) is 4.90 Å². The van der Waals surface area contributed by atoms with Crippen LogP contribution >= 0.6 is 0 Å². The summed E-state index contributed by atoms with van der Waals surface area (Å²) >= 11 is 0. The molecule has 1 aromatic carbocycles. The number of halogens is 2. The second-order valence-corrected chi connectivity index (χ2v) is 6.02. The van der Waals surface area contributed by atoms with Crippen molar-refractivity contribution >= 4 is 6.03 Å². The first-order valence-corrected chi connectivity index (χ1v) is 8.26. The van der Waals surface area contributed by atoms with E-state index in [4.69, 9.17) is 4.74 Å². The summed E-state index contributed by atoms with van der Waals surface area (Å²) in [5.41, 5.74) is 0.294. The van der Waals surface area contributed by atoms with E-state index in [1.54, 1.807) is 7.11 Å². The van der Waals surface area contributed by atoms with Crippen LogP contribution in [0.2, 0.25) is 0 Å². The van der Waals surface area contributed by atoms with Crippen LogP contribution in [0.15, 0.2) is 18.2 Å². The van der Waals surface area contributed by atoms with E-state index >= 15 is 0 Å². The number of rotatable bonds is 7. The number of nitrogens with one attached hydrogen (secondary N) is 2. The minimum absolute atomic E-state index is 0.0671. The highest BCUT2D eigenvalue weighted by Gasteiger charge is 2.24. The van der Waals surface area contributed by atoms with E-state index in [-0.39, 0.29) is 12.1 Å². The predicted molar refractivity (Wildman–Crippen MR) is 87.8 cm³/mol. The third kappa shape index (κ3) is 5.14. The van der Waals surface area contributed by atoms with Gasteiger partial charge in [-0.1, -0.05) is 13.0 Å². The molecule has 2 amide bonds. The van der Waals surface area contributed by atoms with Gasteiger partial charge >= 0.3 is 6.03 Å². The molecule has 24 heavy (non-hydrogen) atoms. The SMILES string of the molecule is CC[C@H](NC(=O)N[C@H]1CCN(CCOC)C1)c1ccc(F)cc1F. The Hall–Kier alpha value is -1.73. The topological polar surface area (TPSA) is 53.6 Å². The lowest BCUT2D eigenvalue weighted by Crippen LogP contribution is -2.44. The number of hydrogen-bond acceptors (Lipinski definition) is 3. The van der Waals surface area contributed by atoms with Gasteiger partial charge < -0.3 is 15.4 Å². The Balaban J connectivity index is 1.86. The number of carbonyl (C=O) groups is 1. The van der Waals surface area contributed by atoms with E-state index in [0.29, 0.717) is 18.6 Å². The zero-order valence-electron chi connectivity index (χ0n) is 14.1. The average Bonchev–Trinajstić information content (AvgIpc) is 2.98. The quantitative estimate of drug-likeness (QED) is 0.801. The molecule has 2 N–H and O–H groups in total. The predicted octanol–water partition coefficient (Wildman–Crippen LogP) is 2.44. The molecule has 134 valence electrons. The molecular weight excluding hydrogens is 316 g/mol. The Bertz CT molecular complexity index is 557. The minimum atomic E-state index is -0.645. The Morgan fingerprint density at radius 2 is 2.25 bits per heavy atom. The molecule has 0 spiro atoms. The Kier molecular flexibility index (Phi) is 6.93. The molecule has 1 saturated heterocycles. The molecule has 2 rings (SSSR count). The van der Waals surface area contributed by atoms with E-state index < -0.39 is 17.7 Å². The second kappa shape index (κ2) is 8.94. The van der Waals surface area contributed by atoms with E-state index in [0.717, 1.165) is 32.1 Å².